The Bertz CT molecular complexity index is 629. The molecule has 0 aliphatic heterocycles. The summed E-state index contributed by atoms with van der Waals surface area (Å²) in [5.74, 6) is 0.568. The molecular formula is C16H20N2O2. The Labute approximate surface area is 119 Å². The van der Waals surface area contributed by atoms with Crippen LogP contribution in [0.5, 0.6) is 5.75 Å². The van der Waals surface area contributed by atoms with Crippen molar-refractivity contribution in [1.82, 2.24) is 9.78 Å². The van der Waals surface area contributed by atoms with Crippen molar-refractivity contribution < 1.29 is 9.53 Å². The summed E-state index contributed by atoms with van der Waals surface area (Å²) in [5.41, 5.74) is 3.49. The van der Waals surface area contributed by atoms with Gasteiger partial charge in [-0.25, -0.2) is 4.68 Å². The van der Waals surface area contributed by atoms with Gasteiger partial charge in [0, 0.05) is 5.69 Å². The first-order chi connectivity index (χ1) is 9.62. The average molecular weight is 272 g/mol. The molecule has 0 fully saturated rings. The molecule has 20 heavy (non-hydrogen) atoms. The molecule has 2 aromatic rings. The lowest BCUT2D eigenvalue weighted by Crippen LogP contribution is -2.09. The quantitative estimate of drug-likeness (QED) is 0.785. The van der Waals surface area contributed by atoms with Crippen LogP contribution in [0, 0.1) is 0 Å². The smallest absolute Gasteiger partial charge is 0.165 e. The minimum Gasteiger partial charge on any atom is -0.496 e. The van der Waals surface area contributed by atoms with Gasteiger partial charge in [-0.05, 0) is 38.0 Å². The second-order valence-electron chi connectivity index (χ2n) is 4.66. The average Bonchev–Trinajstić information content (AvgIpc) is 2.89. The summed E-state index contributed by atoms with van der Waals surface area (Å²) < 4.78 is 7.17. The fraction of sp³-hybridized carbons (Fsp3) is 0.375. The number of carbonyl (C=O) groups excluding carboxylic acids is 1. The zero-order valence-corrected chi connectivity index (χ0v) is 12.4. The van der Waals surface area contributed by atoms with Crippen molar-refractivity contribution in [1.29, 1.82) is 0 Å². The third-order valence-electron chi connectivity index (χ3n) is 3.36. The zero-order valence-electron chi connectivity index (χ0n) is 12.4. The number of hydrogen-bond donors (Lipinski definition) is 0. The Hall–Kier alpha value is -2.10. The number of rotatable bonds is 5. The molecule has 0 amide bonds. The summed E-state index contributed by atoms with van der Waals surface area (Å²) in [4.78, 5) is 12.0. The number of ketones is 1. The van der Waals surface area contributed by atoms with E-state index in [0.29, 0.717) is 11.3 Å². The molecule has 1 heterocycles. The van der Waals surface area contributed by atoms with E-state index < -0.39 is 0 Å². The van der Waals surface area contributed by atoms with Crippen LogP contribution in [-0.4, -0.2) is 22.7 Å². The minimum atomic E-state index is -0.0203. The van der Waals surface area contributed by atoms with Crippen molar-refractivity contribution in [2.45, 2.75) is 33.6 Å². The van der Waals surface area contributed by atoms with Crippen LogP contribution in [0.25, 0.3) is 5.69 Å². The SMILES string of the molecule is CCc1cc(CC)n(-c2cccc(OC)c2C(C)=O)n1. The Morgan fingerprint density at radius 2 is 2.05 bits per heavy atom. The van der Waals surface area contributed by atoms with Gasteiger partial charge < -0.3 is 4.74 Å². The highest BCUT2D eigenvalue weighted by molar-refractivity contribution is 6.00. The summed E-state index contributed by atoms with van der Waals surface area (Å²) >= 11 is 0. The number of benzene rings is 1. The minimum absolute atomic E-state index is 0.0203. The first-order valence-electron chi connectivity index (χ1n) is 6.88. The molecule has 0 aliphatic rings. The lowest BCUT2D eigenvalue weighted by Gasteiger charge is -2.13. The van der Waals surface area contributed by atoms with Gasteiger partial charge in [-0.3, -0.25) is 4.79 Å². The van der Waals surface area contributed by atoms with Crippen LogP contribution in [0.15, 0.2) is 24.3 Å². The van der Waals surface area contributed by atoms with E-state index in [1.54, 1.807) is 20.1 Å². The lowest BCUT2D eigenvalue weighted by molar-refractivity contribution is 0.101. The van der Waals surface area contributed by atoms with Gasteiger partial charge in [-0.1, -0.05) is 19.9 Å². The molecule has 2 rings (SSSR count). The predicted molar refractivity (Wildman–Crippen MR) is 78.9 cm³/mol. The summed E-state index contributed by atoms with van der Waals surface area (Å²) in [6.07, 6.45) is 1.74. The fourth-order valence-electron chi connectivity index (χ4n) is 2.33. The summed E-state index contributed by atoms with van der Waals surface area (Å²) in [5, 5.41) is 4.60. The molecular weight excluding hydrogens is 252 g/mol. The van der Waals surface area contributed by atoms with Crippen molar-refractivity contribution >= 4 is 5.78 Å². The van der Waals surface area contributed by atoms with Gasteiger partial charge in [0.1, 0.15) is 5.75 Å². The molecule has 106 valence electrons. The molecule has 0 atom stereocenters. The second kappa shape index (κ2) is 5.90. The summed E-state index contributed by atoms with van der Waals surface area (Å²) in [6, 6.07) is 7.68. The molecule has 0 N–H and O–H groups in total. The van der Waals surface area contributed by atoms with E-state index in [1.165, 1.54) is 0 Å². The maximum Gasteiger partial charge on any atom is 0.165 e. The largest absolute Gasteiger partial charge is 0.496 e. The number of aryl methyl sites for hydroxylation is 2. The van der Waals surface area contributed by atoms with Gasteiger partial charge in [-0.2, -0.15) is 5.10 Å². The molecule has 1 aromatic carbocycles. The summed E-state index contributed by atoms with van der Waals surface area (Å²) in [7, 11) is 1.58. The van der Waals surface area contributed by atoms with Gasteiger partial charge in [-0.15, -0.1) is 0 Å². The summed E-state index contributed by atoms with van der Waals surface area (Å²) in [6.45, 7) is 5.71. The molecule has 0 saturated carbocycles. The third kappa shape index (κ3) is 2.46. The third-order valence-corrected chi connectivity index (χ3v) is 3.36. The van der Waals surface area contributed by atoms with Crippen molar-refractivity contribution in [3.05, 3.63) is 41.2 Å². The molecule has 4 nitrogen and oxygen atoms in total. The lowest BCUT2D eigenvalue weighted by atomic mass is 10.1. The molecule has 0 spiro atoms. The van der Waals surface area contributed by atoms with E-state index in [2.05, 4.69) is 25.0 Å². The molecule has 1 aromatic heterocycles. The number of aromatic nitrogens is 2. The van der Waals surface area contributed by atoms with E-state index in [1.807, 2.05) is 16.8 Å². The van der Waals surface area contributed by atoms with E-state index >= 15 is 0 Å². The van der Waals surface area contributed by atoms with Crippen molar-refractivity contribution in [3.8, 4) is 11.4 Å². The van der Waals surface area contributed by atoms with Crippen LogP contribution in [0.1, 0.15) is 42.5 Å². The van der Waals surface area contributed by atoms with Gasteiger partial charge in [0.15, 0.2) is 5.78 Å². The monoisotopic (exact) mass is 272 g/mol. The van der Waals surface area contributed by atoms with Crippen LogP contribution in [0.4, 0.5) is 0 Å². The molecule has 0 unspecified atom stereocenters. The Balaban J connectivity index is 2.69. The van der Waals surface area contributed by atoms with Gasteiger partial charge in [0.25, 0.3) is 0 Å². The number of Topliss-reactive ketones (excluding diaryl/α,β-unsaturated/α-hetero) is 1. The molecule has 0 radical (unpaired) electrons. The first-order valence-corrected chi connectivity index (χ1v) is 6.88. The van der Waals surface area contributed by atoms with Crippen LogP contribution >= 0.6 is 0 Å². The predicted octanol–water partition coefficient (Wildman–Crippen LogP) is 3.21. The van der Waals surface area contributed by atoms with E-state index in [9.17, 15) is 4.79 Å². The Kier molecular flexibility index (Phi) is 4.23. The highest BCUT2D eigenvalue weighted by atomic mass is 16.5. The van der Waals surface area contributed by atoms with Crippen LogP contribution in [-0.2, 0) is 12.8 Å². The van der Waals surface area contributed by atoms with Crippen LogP contribution in [0.3, 0.4) is 0 Å². The van der Waals surface area contributed by atoms with Crippen LogP contribution in [0.2, 0.25) is 0 Å². The number of carbonyl (C=O) groups is 1. The topological polar surface area (TPSA) is 44.1 Å². The highest BCUT2D eigenvalue weighted by Gasteiger charge is 2.17. The van der Waals surface area contributed by atoms with Gasteiger partial charge in [0.2, 0.25) is 0 Å². The van der Waals surface area contributed by atoms with E-state index in [0.717, 1.165) is 29.9 Å². The van der Waals surface area contributed by atoms with E-state index in [-0.39, 0.29) is 5.78 Å². The van der Waals surface area contributed by atoms with Crippen LogP contribution < -0.4 is 4.74 Å². The Morgan fingerprint density at radius 3 is 2.60 bits per heavy atom. The van der Waals surface area contributed by atoms with Crippen molar-refractivity contribution in [3.63, 3.8) is 0 Å². The maximum atomic E-state index is 12.0. The van der Waals surface area contributed by atoms with Crippen molar-refractivity contribution in [2.24, 2.45) is 0 Å². The molecule has 0 aliphatic carbocycles. The molecule has 0 saturated heterocycles. The number of methoxy groups -OCH3 is 1. The van der Waals surface area contributed by atoms with Gasteiger partial charge in [0.05, 0.1) is 24.1 Å². The number of nitrogens with zero attached hydrogens (tertiary/aromatic N) is 2. The van der Waals surface area contributed by atoms with E-state index in [4.69, 9.17) is 4.74 Å². The molecule has 0 bridgehead atoms. The second-order valence-corrected chi connectivity index (χ2v) is 4.66. The standard InChI is InChI=1S/C16H20N2O2/c1-5-12-10-13(6-2)18(17-12)14-8-7-9-15(20-4)16(14)11(3)19/h7-10H,5-6H2,1-4H3. The number of ether oxygens (including phenoxy) is 1. The van der Waals surface area contributed by atoms with Gasteiger partial charge >= 0.3 is 0 Å². The zero-order chi connectivity index (χ0) is 14.7. The normalized spacial score (nSPS) is 10.6. The fourth-order valence-corrected chi connectivity index (χ4v) is 2.33. The number of hydrogen-bond acceptors (Lipinski definition) is 3. The Morgan fingerprint density at radius 1 is 1.30 bits per heavy atom. The van der Waals surface area contributed by atoms with Crippen molar-refractivity contribution in [2.75, 3.05) is 7.11 Å². The molecule has 4 heteroatoms. The maximum absolute atomic E-state index is 12.0. The highest BCUT2D eigenvalue weighted by Crippen LogP contribution is 2.27. The first kappa shape index (κ1) is 14.3.